The van der Waals surface area contributed by atoms with Gasteiger partial charge in [0.1, 0.15) is 5.78 Å². The molecular formula is C12H22O. The van der Waals surface area contributed by atoms with Gasteiger partial charge in [-0.1, -0.05) is 45.8 Å². The van der Waals surface area contributed by atoms with E-state index in [1.54, 1.807) is 0 Å². The molecule has 0 aromatic rings. The number of rotatable bonds is 7. The number of hydrogen-bond donors (Lipinski definition) is 0. The van der Waals surface area contributed by atoms with Crippen molar-refractivity contribution in [1.29, 1.82) is 0 Å². The van der Waals surface area contributed by atoms with E-state index in [4.69, 9.17) is 0 Å². The SMILES string of the molecule is CCCCC/C=C\CC(=O)C(C)C. The average molecular weight is 182 g/mol. The highest BCUT2D eigenvalue weighted by Crippen LogP contribution is 2.02. The second-order valence-electron chi connectivity index (χ2n) is 3.79. The first kappa shape index (κ1) is 12.4. The van der Waals surface area contributed by atoms with Crippen LogP contribution in [0.3, 0.4) is 0 Å². The van der Waals surface area contributed by atoms with E-state index < -0.39 is 0 Å². The Hall–Kier alpha value is -0.590. The van der Waals surface area contributed by atoms with Gasteiger partial charge in [0.25, 0.3) is 0 Å². The third kappa shape index (κ3) is 7.76. The summed E-state index contributed by atoms with van der Waals surface area (Å²) in [5.41, 5.74) is 0. The second-order valence-corrected chi connectivity index (χ2v) is 3.79. The van der Waals surface area contributed by atoms with Crippen LogP contribution in [0.25, 0.3) is 0 Å². The second kappa shape index (κ2) is 8.03. The van der Waals surface area contributed by atoms with Gasteiger partial charge in [0, 0.05) is 12.3 Å². The van der Waals surface area contributed by atoms with Crippen LogP contribution in [0.4, 0.5) is 0 Å². The van der Waals surface area contributed by atoms with E-state index in [0.717, 1.165) is 6.42 Å². The molecule has 0 unspecified atom stereocenters. The quantitative estimate of drug-likeness (QED) is 0.433. The topological polar surface area (TPSA) is 17.1 Å². The van der Waals surface area contributed by atoms with Crippen molar-refractivity contribution in [3.63, 3.8) is 0 Å². The molecule has 0 aliphatic carbocycles. The molecule has 0 spiro atoms. The monoisotopic (exact) mass is 182 g/mol. The van der Waals surface area contributed by atoms with Crippen molar-refractivity contribution < 1.29 is 4.79 Å². The van der Waals surface area contributed by atoms with Crippen molar-refractivity contribution in [2.24, 2.45) is 5.92 Å². The predicted octanol–water partition coefficient (Wildman–Crippen LogP) is 3.74. The van der Waals surface area contributed by atoms with Crippen LogP contribution in [0.15, 0.2) is 12.2 Å². The van der Waals surface area contributed by atoms with Gasteiger partial charge in [0.05, 0.1) is 0 Å². The van der Waals surface area contributed by atoms with Crippen molar-refractivity contribution in [2.75, 3.05) is 0 Å². The molecule has 0 saturated carbocycles. The first-order valence-corrected chi connectivity index (χ1v) is 5.36. The molecule has 76 valence electrons. The summed E-state index contributed by atoms with van der Waals surface area (Å²) in [6.07, 6.45) is 9.70. The zero-order valence-corrected chi connectivity index (χ0v) is 9.18. The molecule has 1 nitrogen and oxygen atoms in total. The summed E-state index contributed by atoms with van der Waals surface area (Å²) < 4.78 is 0. The first-order chi connectivity index (χ1) is 6.18. The lowest BCUT2D eigenvalue weighted by Crippen LogP contribution is -2.04. The summed E-state index contributed by atoms with van der Waals surface area (Å²) >= 11 is 0. The zero-order valence-electron chi connectivity index (χ0n) is 9.18. The third-order valence-electron chi connectivity index (χ3n) is 2.10. The number of carbonyl (C=O) groups excluding carboxylic acids is 1. The molecule has 0 aromatic carbocycles. The molecule has 0 atom stereocenters. The lowest BCUT2D eigenvalue weighted by atomic mass is 10.1. The molecule has 0 heterocycles. The maximum atomic E-state index is 11.2. The van der Waals surface area contributed by atoms with E-state index in [1.165, 1.54) is 19.3 Å². The molecule has 0 N–H and O–H groups in total. The van der Waals surface area contributed by atoms with E-state index in [1.807, 2.05) is 19.9 Å². The Balaban J connectivity index is 3.36. The number of allylic oxidation sites excluding steroid dienone is 2. The summed E-state index contributed by atoms with van der Waals surface area (Å²) in [5, 5.41) is 0. The predicted molar refractivity (Wildman–Crippen MR) is 57.7 cm³/mol. The number of hydrogen-bond acceptors (Lipinski definition) is 1. The van der Waals surface area contributed by atoms with Crippen LogP contribution < -0.4 is 0 Å². The Kier molecular flexibility index (Phi) is 7.66. The van der Waals surface area contributed by atoms with Gasteiger partial charge in [-0.25, -0.2) is 0 Å². The summed E-state index contributed by atoms with van der Waals surface area (Å²) in [5.74, 6) is 0.520. The van der Waals surface area contributed by atoms with Crippen LogP contribution >= 0.6 is 0 Å². The molecule has 0 aliphatic rings. The van der Waals surface area contributed by atoms with Crippen LogP contribution in [-0.2, 0) is 4.79 Å². The zero-order chi connectivity index (χ0) is 10.1. The average Bonchev–Trinajstić information content (AvgIpc) is 2.10. The minimum atomic E-state index is 0.181. The summed E-state index contributed by atoms with van der Waals surface area (Å²) in [7, 11) is 0. The Morgan fingerprint density at radius 2 is 1.92 bits per heavy atom. The van der Waals surface area contributed by atoms with E-state index >= 15 is 0 Å². The van der Waals surface area contributed by atoms with Gasteiger partial charge in [-0.05, 0) is 12.8 Å². The molecule has 0 aliphatic heterocycles. The van der Waals surface area contributed by atoms with Crippen LogP contribution in [0.5, 0.6) is 0 Å². The number of ketones is 1. The van der Waals surface area contributed by atoms with Gasteiger partial charge >= 0.3 is 0 Å². The number of carbonyl (C=O) groups is 1. The lowest BCUT2D eigenvalue weighted by Gasteiger charge is -1.98. The Bertz CT molecular complexity index is 157. The molecule has 1 heteroatoms. The summed E-state index contributed by atoms with van der Waals surface area (Å²) in [6.45, 7) is 6.10. The van der Waals surface area contributed by atoms with Crippen molar-refractivity contribution >= 4 is 5.78 Å². The molecular weight excluding hydrogens is 160 g/mol. The molecule has 0 bridgehead atoms. The normalized spacial score (nSPS) is 11.4. The largest absolute Gasteiger partial charge is 0.299 e. The van der Waals surface area contributed by atoms with E-state index in [0.29, 0.717) is 12.2 Å². The van der Waals surface area contributed by atoms with E-state index in [-0.39, 0.29) is 5.92 Å². The fourth-order valence-electron chi connectivity index (χ4n) is 1.07. The van der Waals surface area contributed by atoms with Crippen LogP contribution in [0.2, 0.25) is 0 Å². The molecule has 0 fully saturated rings. The van der Waals surface area contributed by atoms with Gasteiger partial charge in [-0.3, -0.25) is 4.79 Å². The van der Waals surface area contributed by atoms with Gasteiger partial charge in [-0.15, -0.1) is 0 Å². The lowest BCUT2D eigenvalue weighted by molar-refractivity contribution is -0.121. The standard InChI is InChI=1S/C12H22O/c1-4-5-6-7-8-9-10-12(13)11(2)3/h8-9,11H,4-7,10H2,1-3H3/b9-8-. The first-order valence-electron chi connectivity index (χ1n) is 5.36. The van der Waals surface area contributed by atoms with Gasteiger partial charge < -0.3 is 0 Å². The summed E-state index contributed by atoms with van der Waals surface area (Å²) in [6, 6.07) is 0. The molecule has 0 radical (unpaired) electrons. The highest BCUT2D eigenvalue weighted by atomic mass is 16.1. The van der Waals surface area contributed by atoms with Crippen molar-refractivity contribution in [3.05, 3.63) is 12.2 Å². The van der Waals surface area contributed by atoms with Crippen molar-refractivity contribution in [2.45, 2.75) is 52.9 Å². The van der Waals surface area contributed by atoms with Crippen LogP contribution in [-0.4, -0.2) is 5.78 Å². The van der Waals surface area contributed by atoms with Gasteiger partial charge in [-0.2, -0.15) is 0 Å². The number of Topliss-reactive ketones (excluding diaryl/α,β-unsaturated/α-hetero) is 1. The minimum absolute atomic E-state index is 0.181. The van der Waals surface area contributed by atoms with E-state index in [9.17, 15) is 4.79 Å². The van der Waals surface area contributed by atoms with Crippen molar-refractivity contribution in [3.8, 4) is 0 Å². The summed E-state index contributed by atoms with van der Waals surface area (Å²) in [4.78, 5) is 11.2. The molecule has 13 heavy (non-hydrogen) atoms. The highest BCUT2D eigenvalue weighted by molar-refractivity contribution is 5.81. The Morgan fingerprint density at radius 1 is 1.23 bits per heavy atom. The Morgan fingerprint density at radius 3 is 2.46 bits per heavy atom. The minimum Gasteiger partial charge on any atom is -0.299 e. The van der Waals surface area contributed by atoms with Crippen molar-refractivity contribution in [1.82, 2.24) is 0 Å². The fraction of sp³-hybridized carbons (Fsp3) is 0.750. The highest BCUT2D eigenvalue weighted by Gasteiger charge is 2.02. The molecule has 0 rings (SSSR count). The van der Waals surface area contributed by atoms with Gasteiger partial charge in [0.15, 0.2) is 0 Å². The smallest absolute Gasteiger partial charge is 0.139 e. The maximum Gasteiger partial charge on any atom is 0.139 e. The number of unbranched alkanes of at least 4 members (excludes halogenated alkanes) is 3. The van der Waals surface area contributed by atoms with Crippen LogP contribution in [0, 0.1) is 5.92 Å². The molecule has 0 amide bonds. The maximum absolute atomic E-state index is 11.2. The van der Waals surface area contributed by atoms with Gasteiger partial charge in [0.2, 0.25) is 0 Å². The Labute approximate surface area is 82.2 Å². The fourth-order valence-corrected chi connectivity index (χ4v) is 1.07. The molecule has 0 aromatic heterocycles. The van der Waals surface area contributed by atoms with Crippen LogP contribution in [0.1, 0.15) is 52.9 Å². The molecule has 0 saturated heterocycles. The van der Waals surface area contributed by atoms with E-state index in [2.05, 4.69) is 13.0 Å². The third-order valence-corrected chi connectivity index (χ3v) is 2.10.